The Kier molecular flexibility index (Phi) is 9.33. The van der Waals surface area contributed by atoms with Crippen molar-refractivity contribution >= 4 is 18.5 Å². The molecule has 0 saturated carbocycles. The molecule has 0 aliphatic carbocycles. The first-order valence-electron chi connectivity index (χ1n) is 4.48. The topological polar surface area (TPSA) is 86.5 Å². The minimum Gasteiger partial charge on any atom is -0.325 e. The summed E-state index contributed by atoms with van der Waals surface area (Å²) in [6.07, 6.45) is 4.88. The van der Waals surface area contributed by atoms with Crippen LogP contribution in [-0.2, 0) is 11.8 Å². The highest BCUT2D eigenvalue weighted by Gasteiger charge is 1.92. The Balaban J connectivity index is 0.000000228. The molecule has 0 unspecified atom stereocenters. The number of hydrogen-bond donors (Lipinski definition) is 3. The van der Waals surface area contributed by atoms with Crippen molar-refractivity contribution in [3.05, 3.63) is 61.2 Å². The molecule has 0 radical (unpaired) electrons. The maximum atomic E-state index is 7.56. The molecule has 2 aromatic rings. The molecule has 5 nitrogen and oxygen atoms in total. The van der Waals surface area contributed by atoms with Crippen LogP contribution in [0.1, 0.15) is 0 Å². The molecule has 0 aliphatic heterocycles. The lowest BCUT2D eigenvalue weighted by molar-refractivity contribution is 0.363. The number of benzene rings is 1. The van der Waals surface area contributed by atoms with Crippen molar-refractivity contribution in [3.8, 4) is 0 Å². The highest BCUT2D eigenvalue weighted by atomic mass is 32.5. The summed E-state index contributed by atoms with van der Waals surface area (Å²) in [4.78, 5) is 30.0. The van der Waals surface area contributed by atoms with Gasteiger partial charge in [-0.05, 0) is 17.9 Å². The third-order valence-electron chi connectivity index (χ3n) is 1.14. The van der Waals surface area contributed by atoms with E-state index in [2.05, 4.69) is 21.8 Å². The van der Waals surface area contributed by atoms with Gasteiger partial charge in [-0.1, -0.05) is 36.4 Å². The lowest BCUT2D eigenvalue weighted by Crippen LogP contribution is -1.66. The normalized spacial score (nSPS) is 9.12. The van der Waals surface area contributed by atoms with Crippen molar-refractivity contribution in [2.45, 2.75) is 0 Å². The zero-order valence-corrected chi connectivity index (χ0v) is 10.6. The largest absolute Gasteiger partial charge is 0.325 e. The molecule has 0 atom stereocenters. The average molecular weight is 272 g/mol. The van der Waals surface area contributed by atoms with Crippen LogP contribution in [0.15, 0.2) is 61.2 Å². The van der Waals surface area contributed by atoms with Gasteiger partial charge in [-0.15, -0.1) is 0 Å². The van der Waals surface area contributed by atoms with Gasteiger partial charge in [0.2, 0.25) is 0 Å². The summed E-state index contributed by atoms with van der Waals surface area (Å²) in [5.41, 5.74) is 0. The lowest BCUT2D eigenvalue weighted by atomic mass is 10.4. The van der Waals surface area contributed by atoms with Gasteiger partial charge in [0.15, 0.2) is 0 Å². The molecular formula is C10H13N2O3PS. The molecule has 1 heterocycles. The van der Waals surface area contributed by atoms with E-state index in [9.17, 15) is 0 Å². The van der Waals surface area contributed by atoms with Crippen molar-refractivity contribution < 1.29 is 14.7 Å². The summed E-state index contributed by atoms with van der Waals surface area (Å²) in [6, 6.07) is 13.8. The summed E-state index contributed by atoms with van der Waals surface area (Å²) in [5, 5.41) is 0. The molecule has 17 heavy (non-hydrogen) atoms. The number of nitrogens with zero attached hydrogens (tertiary/aromatic N) is 2. The van der Waals surface area contributed by atoms with Crippen LogP contribution in [0.3, 0.4) is 0 Å². The Labute approximate surface area is 105 Å². The van der Waals surface area contributed by atoms with Crippen LogP contribution in [0.2, 0.25) is 0 Å². The van der Waals surface area contributed by atoms with E-state index in [4.69, 9.17) is 14.7 Å². The van der Waals surface area contributed by atoms with E-state index >= 15 is 0 Å². The lowest BCUT2D eigenvalue weighted by Gasteiger charge is -1.88. The predicted octanol–water partition coefficient (Wildman–Crippen LogP) is 1.35. The van der Waals surface area contributed by atoms with Crippen molar-refractivity contribution in [2.75, 3.05) is 0 Å². The molecule has 0 aliphatic rings. The summed E-state index contributed by atoms with van der Waals surface area (Å²) in [6.45, 7) is -3.81. The van der Waals surface area contributed by atoms with Gasteiger partial charge in [0.25, 0.3) is 0 Å². The van der Waals surface area contributed by atoms with Crippen LogP contribution in [0.4, 0.5) is 0 Å². The molecular weight excluding hydrogens is 259 g/mol. The molecule has 0 bridgehead atoms. The Bertz CT molecular complexity index is 317. The summed E-state index contributed by atoms with van der Waals surface area (Å²) >= 11 is 3.60. The van der Waals surface area contributed by atoms with Gasteiger partial charge in [0.05, 0.1) is 0 Å². The predicted molar refractivity (Wildman–Crippen MR) is 69.4 cm³/mol. The van der Waals surface area contributed by atoms with E-state index in [1.807, 2.05) is 36.4 Å². The Morgan fingerprint density at radius 2 is 1.00 bits per heavy atom. The molecule has 92 valence electrons. The quantitative estimate of drug-likeness (QED) is 0.628. The summed E-state index contributed by atoms with van der Waals surface area (Å²) < 4.78 is 0. The standard InChI is InChI=1S/C6H6.C4H4N2.H3O3PS/c1-2-4-6-5-3-1;1-2-5-4-6-3-1;1-4(2,3)5/h1-6H;1-4H;(H3,1,2,3,5). The Morgan fingerprint density at radius 1 is 0.706 bits per heavy atom. The SMILES string of the molecule is OP(O)(O)=S.c1ccccc1.c1cncnc1. The minimum absolute atomic E-state index is 1.50. The molecule has 1 aromatic carbocycles. The number of rotatable bonds is 0. The fourth-order valence-electron chi connectivity index (χ4n) is 0.638. The average Bonchev–Trinajstić information content (AvgIpc) is 2.32. The van der Waals surface area contributed by atoms with E-state index in [-0.39, 0.29) is 0 Å². The fourth-order valence-corrected chi connectivity index (χ4v) is 0.638. The van der Waals surface area contributed by atoms with E-state index in [1.165, 1.54) is 6.33 Å². The van der Waals surface area contributed by atoms with Crippen LogP contribution in [-0.4, -0.2) is 24.6 Å². The first-order valence-corrected chi connectivity index (χ1v) is 7.14. The van der Waals surface area contributed by atoms with E-state index in [0.29, 0.717) is 0 Å². The van der Waals surface area contributed by atoms with Gasteiger partial charge >= 0.3 is 6.72 Å². The highest BCUT2D eigenvalue weighted by molar-refractivity contribution is 8.06. The molecule has 7 heteroatoms. The monoisotopic (exact) mass is 272 g/mol. The smallest absolute Gasteiger partial charge is 0.319 e. The zero-order chi connectivity index (χ0) is 13.0. The van der Waals surface area contributed by atoms with Gasteiger partial charge in [0.1, 0.15) is 6.33 Å². The van der Waals surface area contributed by atoms with E-state index < -0.39 is 6.72 Å². The third kappa shape index (κ3) is 20.8. The van der Waals surface area contributed by atoms with Crippen LogP contribution in [0.5, 0.6) is 0 Å². The highest BCUT2D eigenvalue weighted by Crippen LogP contribution is 2.26. The Morgan fingerprint density at radius 3 is 1.12 bits per heavy atom. The fraction of sp³-hybridized carbons (Fsp3) is 0. The van der Waals surface area contributed by atoms with Gasteiger partial charge in [-0.2, -0.15) is 0 Å². The van der Waals surface area contributed by atoms with Crippen molar-refractivity contribution in [1.82, 2.24) is 9.97 Å². The van der Waals surface area contributed by atoms with Crippen molar-refractivity contribution in [2.24, 2.45) is 0 Å². The van der Waals surface area contributed by atoms with Crippen LogP contribution in [0, 0.1) is 0 Å². The third-order valence-corrected chi connectivity index (χ3v) is 1.14. The Hall–Kier alpha value is -1.17. The molecule has 1 aromatic heterocycles. The van der Waals surface area contributed by atoms with Crippen molar-refractivity contribution in [3.63, 3.8) is 0 Å². The van der Waals surface area contributed by atoms with Gasteiger partial charge in [-0.25, -0.2) is 9.97 Å². The van der Waals surface area contributed by atoms with E-state index in [0.717, 1.165) is 0 Å². The van der Waals surface area contributed by atoms with Gasteiger partial charge in [0, 0.05) is 12.4 Å². The van der Waals surface area contributed by atoms with Gasteiger partial charge in [-0.3, -0.25) is 0 Å². The maximum absolute atomic E-state index is 7.56. The van der Waals surface area contributed by atoms with Crippen LogP contribution in [0.25, 0.3) is 0 Å². The molecule has 0 amide bonds. The first-order chi connectivity index (χ1) is 8.00. The first kappa shape index (κ1) is 15.8. The van der Waals surface area contributed by atoms with Crippen LogP contribution < -0.4 is 0 Å². The molecule has 2 rings (SSSR count). The molecule has 0 fully saturated rings. The second-order valence-electron chi connectivity index (χ2n) is 2.57. The molecule has 0 saturated heterocycles. The number of aromatic nitrogens is 2. The second kappa shape index (κ2) is 10.0. The maximum Gasteiger partial charge on any atom is 0.319 e. The summed E-state index contributed by atoms with van der Waals surface area (Å²) in [7, 11) is 0. The molecule has 0 spiro atoms. The van der Waals surface area contributed by atoms with Gasteiger partial charge < -0.3 is 14.7 Å². The zero-order valence-electron chi connectivity index (χ0n) is 8.87. The van der Waals surface area contributed by atoms with E-state index in [1.54, 1.807) is 18.5 Å². The summed E-state index contributed by atoms with van der Waals surface area (Å²) in [5.74, 6) is 0. The second-order valence-corrected chi connectivity index (χ2v) is 5.07. The van der Waals surface area contributed by atoms with Crippen molar-refractivity contribution in [1.29, 1.82) is 0 Å². The minimum atomic E-state index is -3.81. The number of hydrogen-bond acceptors (Lipinski definition) is 3. The molecule has 3 N–H and O–H groups in total. The van der Waals surface area contributed by atoms with Crippen LogP contribution >= 0.6 is 6.72 Å².